The molecule has 116 valence electrons. The van der Waals surface area contributed by atoms with Gasteiger partial charge in [-0.2, -0.15) is 11.8 Å². The van der Waals surface area contributed by atoms with Gasteiger partial charge in [0.05, 0.1) is 11.3 Å². The summed E-state index contributed by atoms with van der Waals surface area (Å²) < 4.78 is 0.646. The fourth-order valence-corrected chi connectivity index (χ4v) is 3.01. The van der Waals surface area contributed by atoms with Crippen LogP contribution in [-0.2, 0) is 0 Å². The van der Waals surface area contributed by atoms with Crippen LogP contribution in [0.1, 0.15) is 23.7 Å². The SMILES string of the molecule is CCC(CSC)N(C)C(=O)Nc1cc(C(=O)O)ccc1Br. The number of hydrogen-bond acceptors (Lipinski definition) is 3. The monoisotopic (exact) mass is 374 g/mol. The number of carboxylic acid groups (broad SMARTS) is 1. The lowest BCUT2D eigenvalue weighted by Crippen LogP contribution is -2.41. The zero-order chi connectivity index (χ0) is 16.0. The molecule has 0 radical (unpaired) electrons. The van der Waals surface area contributed by atoms with E-state index in [1.54, 1.807) is 29.8 Å². The first-order chi connectivity index (χ1) is 9.90. The number of halogens is 1. The number of anilines is 1. The van der Waals surface area contributed by atoms with E-state index < -0.39 is 5.97 Å². The molecule has 0 saturated heterocycles. The summed E-state index contributed by atoms with van der Waals surface area (Å²) >= 11 is 5.00. The topological polar surface area (TPSA) is 69.6 Å². The van der Waals surface area contributed by atoms with Crippen molar-refractivity contribution in [3.05, 3.63) is 28.2 Å². The number of hydrogen-bond donors (Lipinski definition) is 2. The van der Waals surface area contributed by atoms with Crippen LogP contribution in [0.4, 0.5) is 10.5 Å². The van der Waals surface area contributed by atoms with E-state index >= 15 is 0 Å². The number of carboxylic acids is 1. The Hall–Kier alpha value is -1.21. The summed E-state index contributed by atoms with van der Waals surface area (Å²) in [5, 5.41) is 11.7. The summed E-state index contributed by atoms with van der Waals surface area (Å²) in [7, 11) is 1.74. The van der Waals surface area contributed by atoms with Crippen LogP contribution in [0, 0.1) is 0 Å². The summed E-state index contributed by atoms with van der Waals surface area (Å²) in [6, 6.07) is 4.42. The molecule has 21 heavy (non-hydrogen) atoms. The number of rotatable bonds is 6. The van der Waals surface area contributed by atoms with E-state index in [0.29, 0.717) is 10.2 Å². The zero-order valence-corrected chi connectivity index (χ0v) is 14.6. The molecule has 0 spiro atoms. The van der Waals surface area contributed by atoms with Crippen molar-refractivity contribution in [2.45, 2.75) is 19.4 Å². The highest BCUT2D eigenvalue weighted by Crippen LogP contribution is 2.24. The first-order valence-electron chi connectivity index (χ1n) is 6.46. The lowest BCUT2D eigenvalue weighted by Gasteiger charge is -2.27. The van der Waals surface area contributed by atoms with Crippen molar-refractivity contribution in [1.29, 1.82) is 0 Å². The van der Waals surface area contributed by atoms with Crippen LogP contribution < -0.4 is 5.32 Å². The predicted molar refractivity (Wildman–Crippen MR) is 90.3 cm³/mol. The normalized spacial score (nSPS) is 11.8. The lowest BCUT2D eigenvalue weighted by atomic mass is 10.2. The molecule has 1 atom stereocenters. The fourth-order valence-electron chi connectivity index (χ4n) is 1.82. The summed E-state index contributed by atoms with van der Waals surface area (Å²) in [6.45, 7) is 2.03. The maximum Gasteiger partial charge on any atom is 0.335 e. The molecule has 7 heteroatoms. The second kappa shape index (κ2) is 8.29. The summed E-state index contributed by atoms with van der Waals surface area (Å²) in [5.74, 6) is -0.170. The number of nitrogens with one attached hydrogen (secondary N) is 1. The van der Waals surface area contributed by atoms with Crippen molar-refractivity contribution in [3.63, 3.8) is 0 Å². The molecule has 0 aromatic heterocycles. The van der Waals surface area contributed by atoms with E-state index in [2.05, 4.69) is 21.2 Å². The number of nitrogens with zero attached hydrogens (tertiary/aromatic N) is 1. The summed E-state index contributed by atoms with van der Waals surface area (Å²) in [5.41, 5.74) is 0.582. The van der Waals surface area contributed by atoms with Crippen molar-refractivity contribution < 1.29 is 14.7 Å². The van der Waals surface area contributed by atoms with Gasteiger partial charge in [-0.05, 0) is 46.8 Å². The third-order valence-electron chi connectivity index (χ3n) is 3.15. The number of aromatic carboxylic acids is 1. The van der Waals surface area contributed by atoms with Gasteiger partial charge in [0.25, 0.3) is 0 Å². The van der Waals surface area contributed by atoms with Gasteiger partial charge in [-0.3, -0.25) is 0 Å². The molecule has 0 aliphatic heterocycles. The number of carbonyl (C=O) groups excluding carboxylic acids is 1. The standard InChI is InChI=1S/C14H19BrN2O3S/c1-4-10(8-21-3)17(2)14(20)16-12-7-9(13(18)19)5-6-11(12)15/h5-7,10H,4,8H2,1-3H3,(H,16,20)(H,18,19). The Morgan fingerprint density at radius 1 is 1.48 bits per heavy atom. The van der Waals surface area contributed by atoms with Gasteiger partial charge in [0, 0.05) is 23.3 Å². The second-order valence-electron chi connectivity index (χ2n) is 4.56. The number of urea groups is 1. The van der Waals surface area contributed by atoms with Crippen LogP contribution in [0.25, 0.3) is 0 Å². The third kappa shape index (κ3) is 4.93. The van der Waals surface area contributed by atoms with E-state index in [1.165, 1.54) is 12.1 Å². The number of amides is 2. The minimum Gasteiger partial charge on any atom is -0.478 e. The van der Waals surface area contributed by atoms with E-state index in [4.69, 9.17) is 5.11 Å². The van der Waals surface area contributed by atoms with Crippen LogP contribution in [-0.4, -0.2) is 47.1 Å². The Balaban J connectivity index is 2.87. The van der Waals surface area contributed by atoms with Crippen LogP contribution in [0.15, 0.2) is 22.7 Å². The lowest BCUT2D eigenvalue weighted by molar-refractivity contribution is 0.0697. The molecule has 5 nitrogen and oxygen atoms in total. The second-order valence-corrected chi connectivity index (χ2v) is 6.32. The van der Waals surface area contributed by atoms with E-state index in [9.17, 15) is 9.59 Å². The van der Waals surface area contributed by atoms with Crippen molar-refractivity contribution in [1.82, 2.24) is 4.90 Å². The Labute approximate surface area is 137 Å². The van der Waals surface area contributed by atoms with Crippen molar-refractivity contribution in [2.24, 2.45) is 0 Å². The molecule has 0 fully saturated rings. The maximum absolute atomic E-state index is 12.3. The fraction of sp³-hybridized carbons (Fsp3) is 0.429. The number of carbonyl (C=O) groups is 2. The summed E-state index contributed by atoms with van der Waals surface area (Å²) in [4.78, 5) is 24.9. The molecule has 1 unspecified atom stereocenters. The highest BCUT2D eigenvalue weighted by molar-refractivity contribution is 9.10. The highest BCUT2D eigenvalue weighted by atomic mass is 79.9. The molecule has 1 rings (SSSR count). The molecular weight excluding hydrogens is 356 g/mol. The van der Waals surface area contributed by atoms with Gasteiger partial charge < -0.3 is 15.3 Å². The molecule has 0 bridgehead atoms. The quantitative estimate of drug-likeness (QED) is 0.795. The smallest absolute Gasteiger partial charge is 0.335 e. The molecule has 0 aliphatic rings. The van der Waals surface area contributed by atoms with E-state index in [1.807, 2.05) is 13.2 Å². The maximum atomic E-state index is 12.3. The van der Waals surface area contributed by atoms with Crippen molar-refractivity contribution in [2.75, 3.05) is 24.4 Å². The average Bonchev–Trinajstić information content (AvgIpc) is 2.45. The van der Waals surface area contributed by atoms with E-state index in [-0.39, 0.29) is 17.6 Å². The van der Waals surface area contributed by atoms with Gasteiger partial charge in [0.1, 0.15) is 0 Å². The zero-order valence-electron chi connectivity index (χ0n) is 12.2. The minimum atomic E-state index is -1.03. The van der Waals surface area contributed by atoms with Crippen LogP contribution >= 0.6 is 27.7 Å². The van der Waals surface area contributed by atoms with Gasteiger partial charge in [-0.15, -0.1) is 0 Å². The van der Waals surface area contributed by atoms with Crippen LogP contribution in [0.5, 0.6) is 0 Å². The third-order valence-corrected chi connectivity index (χ3v) is 4.56. The van der Waals surface area contributed by atoms with Crippen molar-refractivity contribution in [3.8, 4) is 0 Å². The average molecular weight is 375 g/mol. The molecule has 0 saturated carbocycles. The first kappa shape index (κ1) is 17.8. The Morgan fingerprint density at radius 3 is 2.67 bits per heavy atom. The van der Waals surface area contributed by atoms with Gasteiger partial charge in [-0.25, -0.2) is 9.59 Å². The van der Waals surface area contributed by atoms with Gasteiger partial charge in [0.2, 0.25) is 0 Å². The van der Waals surface area contributed by atoms with E-state index in [0.717, 1.165) is 12.2 Å². The molecular formula is C14H19BrN2O3S. The Morgan fingerprint density at radius 2 is 2.14 bits per heavy atom. The molecule has 2 N–H and O–H groups in total. The minimum absolute atomic E-state index is 0.132. The largest absolute Gasteiger partial charge is 0.478 e. The molecule has 1 aromatic rings. The molecule has 0 aliphatic carbocycles. The number of benzene rings is 1. The van der Waals surface area contributed by atoms with Gasteiger partial charge in [-0.1, -0.05) is 6.92 Å². The van der Waals surface area contributed by atoms with Crippen LogP contribution in [0.2, 0.25) is 0 Å². The van der Waals surface area contributed by atoms with Gasteiger partial charge in [0.15, 0.2) is 0 Å². The highest BCUT2D eigenvalue weighted by Gasteiger charge is 2.19. The molecule has 0 heterocycles. The molecule has 2 amide bonds. The van der Waals surface area contributed by atoms with Crippen molar-refractivity contribution >= 4 is 45.4 Å². The van der Waals surface area contributed by atoms with Crippen LogP contribution in [0.3, 0.4) is 0 Å². The Kier molecular flexibility index (Phi) is 7.04. The predicted octanol–water partition coefficient (Wildman–Crippen LogP) is 3.75. The molecule has 1 aromatic carbocycles. The summed E-state index contributed by atoms with van der Waals surface area (Å²) in [6.07, 6.45) is 2.86. The van der Waals surface area contributed by atoms with Gasteiger partial charge >= 0.3 is 12.0 Å². The Bertz CT molecular complexity index is 525. The first-order valence-corrected chi connectivity index (χ1v) is 8.65. The number of thioether (sulfide) groups is 1.